The average Bonchev–Trinajstić information content (AvgIpc) is 3.14. The number of rotatable bonds is 8. The fourth-order valence-electron chi connectivity index (χ4n) is 2.61. The number of hydrogen-bond acceptors (Lipinski definition) is 6. The Hall–Kier alpha value is -3.46. The van der Waals surface area contributed by atoms with Gasteiger partial charge < -0.3 is 19.8 Å². The zero-order valence-electron chi connectivity index (χ0n) is 16.9. The first-order valence-electron chi connectivity index (χ1n) is 9.28. The molecular weight excluding hydrogens is 467 g/mol. The van der Waals surface area contributed by atoms with Crippen molar-refractivity contribution in [3.8, 4) is 11.5 Å². The summed E-state index contributed by atoms with van der Waals surface area (Å²) < 4.78 is 25.8. The van der Waals surface area contributed by atoms with E-state index in [9.17, 15) is 9.18 Å². The standard InChI is InChI=1S/C22H20BrFN4O3/c1-4-5-16(23)17(24)10-13(2)27-22-28-18-11-14(6-7-20(18)31-22)30-15-8-9-26-19(12-15)21(29)25-3/h4-13H,1H2,2-3H3,(H,25,29)(H,27,28)/b16-5+,17-10+. The van der Waals surface area contributed by atoms with Crippen LogP contribution in [-0.4, -0.2) is 29.0 Å². The van der Waals surface area contributed by atoms with Crippen LogP contribution >= 0.6 is 15.9 Å². The van der Waals surface area contributed by atoms with Crippen LogP contribution in [-0.2, 0) is 0 Å². The second kappa shape index (κ2) is 10.0. The molecule has 0 saturated heterocycles. The molecule has 0 aliphatic rings. The summed E-state index contributed by atoms with van der Waals surface area (Å²) in [4.78, 5) is 20.1. The minimum absolute atomic E-state index is 0.248. The van der Waals surface area contributed by atoms with Gasteiger partial charge in [0.05, 0.1) is 4.48 Å². The third-order valence-electron chi connectivity index (χ3n) is 4.03. The molecule has 0 fully saturated rings. The third kappa shape index (κ3) is 5.79. The maximum absolute atomic E-state index is 14.1. The number of benzene rings is 1. The van der Waals surface area contributed by atoms with Gasteiger partial charge in [-0.3, -0.25) is 9.78 Å². The molecule has 2 aromatic heterocycles. The van der Waals surface area contributed by atoms with Crippen molar-refractivity contribution in [2.24, 2.45) is 0 Å². The molecule has 1 amide bonds. The fraction of sp³-hybridized carbons (Fsp3) is 0.136. The topological polar surface area (TPSA) is 89.3 Å². The first kappa shape index (κ1) is 22.2. The van der Waals surface area contributed by atoms with E-state index in [1.165, 1.54) is 31.5 Å². The van der Waals surface area contributed by atoms with Crippen LogP contribution in [0.5, 0.6) is 11.5 Å². The van der Waals surface area contributed by atoms with E-state index in [-0.39, 0.29) is 23.7 Å². The van der Waals surface area contributed by atoms with Crippen LogP contribution < -0.4 is 15.4 Å². The van der Waals surface area contributed by atoms with Gasteiger partial charge in [-0.1, -0.05) is 12.7 Å². The van der Waals surface area contributed by atoms with Gasteiger partial charge in [0.1, 0.15) is 28.5 Å². The van der Waals surface area contributed by atoms with Crippen LogP contribution in [0.4, 0.5) is 10.4 Å². The number of amides is 1. The highest BCUT2D eigenvalue weighted by Gasteiger charge is 2.12. The van der Waals surface area contributed by atoms with Crippen LogP contribution in [0.25, 0.3) is 11.1 Å². The van der Waals surface area contributed by atoms with Crippen molar-refractivity contribution in [3.63, 3.8) is 0 Å². The van der Waals surface area contributed by atoms with E-state index in [1.54, 1.807) is 37.3 Å². The normalized spacial score (nSPS) is 13.0. The van der Waals surface area contributed by atoms with Gasteiger partial charge in [-0.05, 0) is 53.2 Å². The first-order valence-corrected chi connectivity index (χ1v) is 10.1. The van der Waals surface area contributed by atoms with Crippen LogP contribution in [0.2, 0.25) is 0 Å². The molecule has 1 atom stereocenters. The van der Waals surface area contributed by atoms with Gasteiger partial charge in [-0.15, -0.1) is 0 Å². The summed E-state index contributed by atoms with van der Waals surface area (Å²) in [6, 6.07) is 8.20. The van der Waals surface area contributed by atoms with Gasteiger partial charge in [-0.25, -0.2) is 4.39 Å². The first-order chi connectivity index (χ1) is 14.9. The maximum Gasteiger partial charge on any atom is 0.296 e. The van der Waals surface area contributed by atoms with E-state index in [2.05, 4.69) is 43.1 Å². The second-order valence-electron chi connectivity index (χ2n) is 6.40. The number of nitrogens with one attached hydrogen (secondary N) is 2. The molecular formula is C22H20BrFN4O3. The number of anilines is 1. The lowest BCUT2D eigenvalue weighted by atomic mass is 10.3. The number of fused-ring (bicyclic) bond motifs is 1. The summed E-state index contributed by atoms with van der Waals surface area (Å²) in [6.45, 7) is 5.30. The lowest BCUT2D eigenvalue weighted by molar-refractivity contribution is 0.0958. The van der Waals surface area contributed by atoms with Gasteiger partial charge in [0.2, 0.25) is 0 Å². The highest BCUT2D eigenvalue weighted by molar-refractivity contribution is 9.11. The summed E-state index contributed by atoms with van der Waals surface area (Å²) in [5.74, 6) is 0.237. The number of oxazole rings is 1. The molecule has 160 valence electrons. The Morgan fingerprint density at radius 1 is 1.32 bits per heavy atom. The number of aromatic nitrogens is 2. The predicted molar refractivity (Wildman–Crippen MR) is 121 cm³/mol. The molecule has 1 unspecified atom stereocenters. The van der Waals surface area contributed by atoms with Crippen LogP contribution in [0, 0.1) is 0 Å². The molecule has 2 N–H and O–H groups in total. The molecule has 3 aromatic rings. The van der Waals surface area contributed by atoms with Gasteiger partial charge >= 0.3 is 0 Å². The average molecular weight is 487 g/mol. The molecule has 2 heterocycles. The molecule has 0 radical (unpaired) electrons. The van der Waals surface area contributed by atoms with Crippen molar-refractivity contribution in [2.75, 3.05) is 12.4 Å². The maximum atomic E-state index is 14.1. The van der Waals surface area contributed by atoms with E-state index in [0.29, 0.717) is 27.1 Å². The van der Waals surface area contributed by atoms with Crippen molar-refractivity contribution >= 4 is 39.0 Å². The molecule has 1 aromatic carbocycles. The van der Waals surface area contributed by atoms with Gasteiger partial charge in [-0.2, -0.15) is 4.98 Å². The number of pyridine rings is 1. The number of carbonyl (C=O) groups is 1. The summed E-state index contributed by atoms with van der Waals surface area (Å²) in [6.07, 6.45) is 5.88. The Labute approximate surface area is 186 Å². The van der Waals surface area contributed by atoms with Crippen molar-refractivity contribution in [2.45, 2.75) is 13.0 Å². The molecule has 0 aliphatic carbocycles. The molecule has 0 aliphatic heterocycles. The Bertz CT molecular complexity index is 1170. The van der Waals surface area contributed by atoms with E-state index >= 15 is 0 Å². The number of allylic oxidation sites excluding steroid dienone is 4. The van der Waals surface area contributed by atoms with Crippen molar-refractivity contribution in [1.29, 1.82) is 0 Å². The lowest BCUT2D eigenvalue weighted by Crippen LogP contribution is -2.18. The van der Waals surface area contributed by atoms with Crippen molar-refractivity contribution in [3.05, 3.63) is 77.3 Å². The smallest absolute Gasteiger partial charge is 0.296 e. The van der Waals surface area contributed by atoms with E-state index < -0.39 is 5.83 Å². The van der Waals surface area contributed by atoms with Gasteiger partial charge in [0, 0.05) is 31.4 Å². The third-order valence-corrected chi connectivity index (χ3v) is 4.67. The van der Waals surface area contributed by atoms with Gasteiger partial charge in [0.25, 0.3) is 11.9 Å². The summed E-state index contributed by atoms with van der Waals surface area (Å²) >= 11 is 3.14. The van der Waals surface area contributed by atoms with Crippen LogP contribution in [0.1, 0.15) is 17.4 Å². The quantitative estimate of drug-likeness (QED) is 0.409. The summed E-state index contributed by atoms with van der Waals surface area (Å²) in [7, 11) is 1.53. The second-order valence-corrected chi connectivity index (χ2v) is 7.26. The van der Waals surface area contributed by atoms with Crippen LogP contribution in [0.15, 0.2) is 76.1 Å². The summed E-state index contributed by atoms with van der Waals surface area (Å²) in [5, 5.41) is 5.51. The Kier molecular flexibility index (Phi) is 7.19. The van der Waals surface area contributed by atoms with Crippen molar-refractivity contribution in [1.82, 2.24) is 15.3 Å². The lowest BCUT2D eigenvalue weighted by Gasteiger charge is -2.07. The molecule has 7 nitrogen and oxygen atoms in total. The van der Waals surface area contributed by atoms with E-state index in [4.69, 9.17) is 9.15 Å². The molecule has 31 heavy (non-hydrogen) atoms. The summed E-state index contributed by atoms with van der Waals surface area (Å²) in [5.41, 5.74) is 1.35. The molecule has 3 rings (SSSR count). The Morgan fingerprint density at radius 2 is 2.10 bits per heavy atom. The zero-order valence-corrected chi connectivity index (χ0v) is 18.4. The molecule has 9 heteroatoms. The van der Waals surface area contributed by atoms with Gasteiger partial charge in [0.15, 0.2) is 5.58 Å². The number of nitrogens with zero attached hydrogens (tertiary/aromatic N) is 2. The highest BCUT2D eigenvalue weighted by atomic mass is 79.9. The number of carbonyl (C=O) groups excluding carboxylic acids is 1. The fourth-order valence-corrected chi connectivity index (χ4v) is 2.93. The Morgan fingerprint density at radius 3 is 2.84 bits per heavy atom. The van der Waals surface area contributed by atoms with E-state index in [0.717, 1.165) is 0 Å². The SMILES string of the molecule is C=C/C=C(Br)\C(F)=C/C(C)Nc1nc2cc(Oc3ccnc(C(=O)NC)c3)ccc2o1. The molecule has 0 bridgehead atoms. The minimum Gasteiger partial charge on any atom is -0.457 e. The largest absolute Gasteiger partial charge is 0.457 e. The monoisotopic (exact) mass is 486 g/mol. The number of ether oxygens (including phenoxy) is 1. The van der Waals surface area contributed by atoms with Crippen molar-refractivity contribution < 1.29 is 18.3 Å². The Balaban J connectivity index is 1.75. The molecule has 0 saturated carbocycles. The van der Waals surface area contributed by atoms with Crippen LogP contribution in [0.3, 0.4) is 0 Å². The van der Waals surface area contributed by atoms with E-state index in [1.807, 2.05) is 0 Å². The number of hydrogen-bond donors (Lipinski definition) is 2. The number of halogens is 2. The molecule has 0 spiro atoms. The highest BCUT2D eigenvalue weighted by Crippen LogP contribution is 2.28. The predicted octanol–water partition coefficient (Wildman–Crippen LogP) is 5.49. The minimum atomic E-state index is -0.430. The zero-order chi connectivity index (χ0) is 22.4.